The Kier molecular flexibility index (Phi) is 2.18. The Morgan fingerprint density at radius 3 is 2.81 bits per heavy atom. The standard InChI is InChI=1S/C14H16N2/c1-9-6-12(9)14(15)13-8-16-7-10-4-2-3-5-11(10)13/h2-5,7-9,12,14H,6,15H2,1H3. The van der Waals surface area contributed by atoms with Crippen molar-refractivity contribution in [1.29, 1.82) is 0 Å². The Hall–Kier alpha value is -1.41. The predicted molar refractivity (Wildman–Crippen MR) is 65.9 cm³/mol. The highest BCUT2D eigenvalue weighted by molar-refractivity contribution is 5.85. The Balaban J connectivity index is 2.09. The molecule has 2 N–H and O–H groups in total. The molecule has 1 heterocycles. The summed E-state index contributed by atoms with van der Waals surface area (Å²) >= 11 is 0. The van der Waals surface area contributed by atoms with Crippen LogP contribution in [0.1, 0.15) is 24.9 Å². The van der Waals surface area contributed by atoms with E-state index in [1.54, 1.807) is 0 Å². The van der Waals surface area contributed by atoms with Crippen LogP contribution in [0.15, 0.2) is 36.7 Å². The number of benzene rings is 1. The predicted octanol–water partition coefficient (Wildman–Crippen LogP) is 2.89. The van der Waals surface area contributed by atoms with Crippen molar-refractivity contribution >= 4 is 10.8 Å². The lowest BCUT2D eigenvalue weighted by atomic mass is 9.98. The molecule has 0 saturated heterocycles. The van der Waals surface area contributed by atoms with Gasteiger partial charge in [-0.1, -0.05) is 31.2 Å². The minimum Gasteiger partial charge on any atom is -0.324 e. The number of nitrogens with zero attached hydrogens (tertiary/aromatic N) is 1. The van der Waals surface area contributed by atoms with Crippen molar-refractivity contribution < 1.29 is 0 Å². The molecule has 16 heavy (non-hydrogen) atoms. The highest BCUT2D eigenvalue weighted by Crippen LogP contribution is 2.46. The maximum atomic E-state index is 6.32. The number of aromatic nitrogens is 1. The summed E-state index contributed by atoms with van der Waals surface area (Å²) in [5.41, 5.74) is 7.52. The zero-order valence-electron chi connectivity index (χ0n) is 9.43. The van der Waals surface area contributed by atoms with E-state index in [4.69, 9.17) is 5.73 Å². The third-order valence-electron chi connectivity index (χ3n) is 3.69. The Morgan fingerprint density at radius 1 is 1.31 bits per heavy atom. The van der Waals surface area contributed by atoms with Gasteiger partial charge in [0.1, 0.15) is 0 Å². The monoisotopic (exact) mass is 212 g/mol. The second kappa shape index (κ2) is 3.56. The fourth-order valence-electron chi connectivity index (χ4n) is 2.49. The first-order chi connectivity index (χ1) is 7.77. The maximum absolute atomic E-state index is 6.32. The maximum Gasteiger partial charge on any atom is 0.0347 e. The fourth-order valence-corrected chi connectivity index (χ4v) is 2.49. The third kappa shape index (κ3) is 1.50. The van der Waals surface area contributed by atoms with Gasteiger partial charge in [0.25, 0.3) is 0 Å². The largest absolute Gasteiger partial charge is 0.324 e. The van der Waals surface area contributed by atoms with E-state index in [2.05, 4.69) is 30.1 Å². The summed E-state index contributed by atoms with van der Waals surface area (Å²) < 4.78 is 0. The van der Waals surface area contributed by atoms with E-state index >= 15 is 0 Å². The van der Waals surface area contributed by atoms with Crippen LogP contribution in [0.4, 0.5) is 0 Å². The first-order valence-electron chi connectivity index (χ1n) is 5.85. The van der Waals surface area contributed by atoms with Crippen molar-refractivity contribution in [3.63, 3.8) is 0 Å². The lowest BCUT2D eigenvalue weighted by Crippen LogP contribution is -2.14. The molecule has 1 fully saturated rings. The summed E-state index contributed by atoms with van der Waals surface area (Å²) in [5, 5.41) is 2.44. The van der Waals surface area contributed by atoms with Crippen LogP contribution in [0.25, 0.3) is 10.8 Å². The molecule has 1 aliphatic carbocycles. The Labute approximate surface area is 95.5 Å². The third-order valence-corrected chi connectivity index (χ3v) is 3.69. The minimum absolute atomic E-state index is 0.147. The van der Waals surface area contributed by atoms with Gasteiger partial charge in [-0.25, -0.2) is 0 Å². The highest BCUT2D eigenvalue weighted by atomic mass is 14.7. The molecule has 1 saturated carbocycles. The van der Waals surface area contributed by atoms with E-state index in [1.165, 1.54) is 22.8 Å². The Morgan fingerprint density at radius 2 is 2.06 bits per heavy atom. The summed E-state index contributed by atoms with van der Waals surface area (Å²) in [6.07, 6.45) is 5.09. The van der Waals surface area contributed by atoms with Gasteiger partial charge in [-0.15, -0.1) is 0 Å². The van der Waals surface area contributed by atoms with Crippen LogP contribution in [-0.2, 0) is 0 Å². The molecule has 3 rings (SSSR count). The summed E-state index contributed by atoms with van der Waals surface area (Å²) in [6.45, 7) is 2.27. The molecule has 0 bridgehead atoms. The van der Waals surface area contributed by atoms with E-state index in [9.17, 15) is 0 Å². The van der Waals surface area contributed by atoms with Gasteiger partial charge in [-0.3, -0.25) is 4.98 Å². The average Bonchev–Trinajstić information content (AvgIpc) is 3.05. The molecule has 3 atom stereocenters. The van der Waals surface area contributed by atoms with Crippen LogP contribution in [0, 0.1) is 11.8 Å². The molecule has 1 aliphatic rings. The van der Waals surface area contributed by atoms with Gasteiger partial charge in [0.2, 0.25) is 0 Å². The van der Waals surface area contributed by atoms with Crippen LogP contribution in [0.2, 0.25) is 0 Å². The minimum atomic E-state index is 0.147. The molecule has 3 unspecified atom stereocenters. The number of hydrogen-bond donors (Lipinski definition) is 1. The Bertz CT molecular complexity index is 516. The second-order valence-corrected chi connectivity index (χ2v) is 4.85. The van der Waals surface area contributed by atoms with Crippen molar-refractivity contribution in [2.75, 3.05) is 0 Å². The van der Waals surface area contributed by atoms with Gasteiger partial charge < -0.3 is 5.73 Å². The van der Waals surface area contributed by atoms with Crippen molar-refractivity contribution in [3.05, 3.63) is 42.2 Å². The zero-order chi connectivity index (χ0) is 11.1. The first-order valence-corrected chi connectivity index (χ1v) is 5.85. The van der Waals surface area contributed by atoms with Gasteiger partial charge in [-0.05, 0) is 29.2 Å². The summed E-state index contributed by atoms with van der Waals surface area (Å²) in [6, 6.07) is 8.48. The SMILES string of the molecule is CC1CC1C(N)c1cncc2ccccc12. The molecule has 2 nitrogen and oxygen atoms in total. The lowest BCUT2D eigenvalue weighted by Gasteiger charge is -2.13. The molecule has 82 valence electrons. The molecule has 0 spiro atoms. The smallest absolute Gasteiger partial charge is 0.0347 e. The van der Waals surface area contributed by atoms with E-state index in [0.717, 1.165) is 5.92 Å². The molecule has 0 radical (unpaired) electrons. The van der Waals surface area contributed by atoms with E-state index in [-0.39, 0.29) is 6.04 Å². The van der Waals surface area contributed by atoms with Crippen LogP contribution in [0.3, 0.4) is 0 Å². The van der Waals surface area contributed by atoms with Gasteiger partial charge in [0.05, 0.1) is 0 Å². The highest BCUT2D eigenvalue weighted by Gasteiger charge is 2.38. The molecule has 2 aromatic rings. The number of hydrogen-bond acceptors (Lipinski definition) is 2. The fraction of sp³-hybridized carbons (Fsp3) is 0.357. The topological polar surface area (TPSA) is 38.9 Å². The lowest BCUT2D eigenvalue weighted by molar-refractivity contribution is 0.595. The van der Waals surface area contributed by atoms with Crippen molar-refractivity contribution in [3.8, 4) is 0 Å². The quantitative estimate of drug-likeness (QED) is 0.831. The number of rotatable bonds is 2. The van der Waals surface area contributed by atoms with E-state index in [1.807, 2.05) is 18.5 Å². The van der Waals surface area contributed by atoms with Crippen LogP contribution in [-0.4, -0.2) is 4.98 Å². The first kappa shape index (κ1) is 9.79. The second-order valence-electron chi connectivity index (χ2n) is 4.85. The molecular formula is C14H16N2. The molecule has 1 aromatic heterocycles. The van der Waals surface area contributed by atoms with E-state index < -0.39 is 0 Å². The molecule has 0 aliphatic heterocycles. The summed E-state index contributed by atoms with van der Waals surface area (Å²) in [4.78, 5) is 4.29. The van der Waals surface area contributed by atoms with E-state index in [0.29, 0.717) is 5.92 Å². The normalized spacial score (nSPS) is 25.6. The van der Waals surface area contributed by atoms with Gasteiger partial charge in [-0.2, -0.15) is 0 Å². The molecule has 1 aromatic carbocycles. The van der Waals surface area contributed by atoms with Gasteiger partial charge >= 0.3 is 0 Å². The summed E-state index contributed by atoms with van der Waals surface area (Å²) in [5.74, 6) is 1.42. The number of nitrogens with two attached hydrogens (primary N) is 1. The molecule has 2 heteroatoms. The van der Waals surface area contributed by atoms with Crippen LogP contribution >= 0.6 is 0 Å². The van der Waals surface area contributed by atoms with Gasteiger partial charge in [0, 0.05) is 23.8 Å². The zero-order valence-corrected chi connectivity index (χ0v) is 9.43. The number of fused-ring (bicyclic) bond motifs is 1. The molecular weight excluding hydrogens is 196 g/mol. The van der Waals surface area contributed by atoms with Crippen LogP contribution in [0.5, 0.6) is 0 Å². The van der Waals surface area contributed by atoms with Crippen molar-refractivity contribution in [2.24, 2.45) is 17.6 Å². The molecule has 0 amide bonds. The summed E-state index contributed by atoms with van der Waals surface area (Å²) in [7, 11) is 0. The van der Waals surface area contributed by atoms with Crippen molar-refractivity contribution in [2.45, 2.75) is 19.4 Å². The van der Waals surface area contributed by atoms with Crippen molar-refractivity contribution in [1.82, 2.24) is 4.98 Å². The van der Waals surface area contributed by atoms with Crippen LogP contribution < -0.4 is 5.73 Å². The van der Waals surface area contributed by atoms with Gasteiger partial charge in [0.15, 0.2) is 0 Å². The number of pyridine rings is 1. The average molecular weight is 212 g/mol.